The first-order chi connectivity index (χ1) is 16.6. The Morgan fingerprint density at radius 3 is 2.47 bits per heavy atom. The highest BCUT2D eigenvalue weighted by Gasteiger charge is 2.33. The molecule has 0 aliphatic carbocycles. The van der Waals surface area contributed by atoms with Crippen molar-refractivity contribution in [1.29, 1.82) is 0 Å². The van der Waals surface area contributed by atoms with Gasteiger partial charge in [-0.15, -0.1) is 0 Å². The average Bonchev–Trinajstić information content (AvgIpc) is 3.36. The Morgan fingerprint density at radius 2 is 1.74 bits per heavy atom. The number of hydrogen-bond donors (Lipinski definition) is 0. The molecule has 7 nitrogen and oxygen atoms in total. The summed E-state index contributed by atoms with van der Waals surface area (Å²) in [4.78, 5) is 19.9. The van der Waals surface area contributed by atoms with Gasteiger partial charge in [0, 0.05) is 44.8 Å². The van der Waals surface area contributed by atoms with Crippen molar-refractivity contribution in [2.45, 2.75) is 18.9 Å². The van der Waals surface area contributed by atoms with E-state index in [9.17, 15) is 4.79 Å². The highest BCUT2D eigenvalue weighted by molar-refractivity contribution is 6.32. The summed E-state index contributed by atoms with van der Waals surface area (Å²) in [5.41, 5.74) is 1.02. The molecule has 1 atom stereocenters. The van der Waals surface area contributed by atoms with Crippen molar-refractivity contribution in [2.75, 3.05) is 66.6 Å². The van der Waals surface area contributed by atoms with Crippen LogP contribution in [0.4, 0.5) is 0 Å². The van der Waals surface area contributed by atoms with Gasteiger partial charge in [-0.3, -0.25) is 14.6 Å². The van der Waals surface area contributed by atoms with Crippen LogP contribution >= 0.6 is 11.6 Å². The number of carbonyl (C=O) groups is 1. The summed E-state index contributed by atoms with van der Waals surface area (Å²) in [6.45, 7) is 6.27. The monoisotopic (exact) mass is 487 g/mol. The minimum absolute atomic E-state index is 0.0285. The topological polar surface area (TPSA) is 54.5 Å². The highest BCUT2D eigenvalue weighted by atomic mass is 35.5. The van der Waals surface area contributed by atoms with Gasteiger partial charge in [-0.05, 0) is 43.2 Å². The quantitative estimate of drug-likeness (QED) is 0.537. The lowest BCUT2D eigenvalue weighted by Gasteiger charge is -2.35. The minimum Gasteiger partial charge on any atom is -0.497 e. The summed E-state index contributed by atoms with van der Waals surface area (Å²) in [7, 11) is 3.33. The van der Waals surface area contributed by atoms with Gasteiger partial charge in [0.15, 0.2) is 0 Å². The molecule has 0 saturated carbocycles. The van der Waals surface area contributed by atoms with Crippen LogP contribution in [0.15, 0.2) is 42.5 Å². The van der Waals surface area contributed by atoms with E-state index in [2.05, 4.69) is 9.80 Å². The largest absolute Gasteiger partial charge is 0.497 e. The van der Waals surface area contributed by atoms with Gasteiger partial charge in [-0.2, -0.15) is 0 Å². The molecular weight excluding hydrogens is 454 g/mol. The minimum atomic E-state index is 0.0285. The van der Waals surface area contributed by atoms with Gasteiger partial charge < -0.3 is 19.1 Å². The number of nitrogens with zero attached hydrogens (tertiary/aromatic N) is 3. The summed E-state index contributed by atoms with van der Waals surface area (Å²) < 4.78 is 16.8. The Morgan fingerprint density at radius 1 is 0.971 bits per heavy atom. The normalized spacial score (nSPS) is 19.3. The van der Waals surface area contributed by atoms with Crippen molar-refractivity contribution >= 4 is 17.5 Å². The SMILES string of the molecule is COc1ccc(OC)c(C2CCCN2C(=O)CN2CCN(CCOc3ccccc3Cl)CC2)c1. The Kier molecular flexibility index (Phi) is 8.53. The van der Waals surface area contributed by atoms with Gasteiger partial charge in [0.2, 0.25) is 5.91 Å². The number of hydrogen-bond acceptors (Lipinski definition) is 6. The summed E-state index contributed by atoms with van der Waals surface area (Å²) in [5, 5.41) is 0.637. The number of halogens is 1. The first-order valence-electron chi connectivity index (χ1n) is 11.9. The Labute approximate surface area is 207 Å². The Hall–Kier alpha value is -2.48. The van der Waals surface area contributed by atoms with Gasteiger partial charge in [-0.1, -0.05) is 23.7 Å². The van der Waals surface area contributed by atoms with E-state index in [0.29, 0.717) is 18.2 Å². The predicted octanol–water partition coefficient (Wildman–Crippen LogP) is 3.72. The molecule has 2 aliphatic heterocycles. The number of benzene rings is 2. The maximum atomic E-state index is 13.3. The zero-order chi connectivity index (χ0) is 23.9. The third-order valence-electron chi connectivity index (χ3n) is 6.69. The molecule has 34 heavy (non-hydrogen) atoms. The van der Waals surface area contributed by atoms with E-state index >= 15 is 0 Å². The van der Waals surface area contributed by atoms with E-state index in [-0.39, 0.29) is 11.9 Å². The predicted molar refractivity (Wildman–Crippen MR) is 133 cm³/mol. The molecule has 2 saturated heterocycles. The molecule has 184 valence electrons. The van der Waals surface area contributed by atoms with Gasteiger partial charge in [-0.25, -0.2) is 0 Å². The molecule has 2 aliphatic rings. The second-order valence-corrected chi connectivity index (χ2v) is 9.16. The first kappa shape index (κ1) is 24.6. The van der Waals surface area contributed by atoms with Crippen molar-refractivity contribution < 1.29 is 19.0 Å². The van der Waals surface area contributed by atoms with Crippen LogP contribution in [-0.4, -0.2) is 87.2 Å². The van der Waals surface area contributed by atoms with Crippen LogP contribution in [-0.2, 0) is 4.79 Å². The molecule has 1 unspecified atom stereocenters. The zero-order valence-electron chi connectivity index (χ0n) is 20.0. The van der Waals surface area contributed by atoms with Gasteiger partial charge in [0.05, 0.1) is 31.8 Å². The number of likely N-dealkylation sites (tertiary alicyclic amines) is 1. The molecule has 0 aromatic heterocycles. The lowest BCUT2D eigenvalue weighted by molar-refractivity contribution is -0.133. The van der Waals surface area contributed by atoms with E-state index in [1.54, 1.807) is 14.2 Å². The van der Waals surface area contributed by atoms with E-state index in [1.165, 1.54) is 0 Å². The third-order valence-corrected chi connectivity index (χ3v) is 7.01. The molecule has 4 rings (SSSR count). The molecule has 8 heteroatoms. The molecule has 2 aromatic rings. The zero-order valence-corrected chi connectivity index (χ0v) is 20.8. The fourth-order valence-electron chi connectivity index (χ4n) is 4.79. The second kappa shape index (κ2) is 11.8. The fourth-order valence-corrected chi connectivity index (χ4v) is 4.98. The van der Waals surface area contributed by atoms with Crippen molar-refractivity contribution in [2.24, 2.45) is 0 Å². The number of ether oxygens (including phenoxy) is 3. The summed E-state index contributed by atoms with van der Waals surface area (Å²) in [6, 6.07) is 13.4. The number of carbonyl (C=O) groups excluding carboxylic acids is 1. The third kappa shape index (κ3) is 5.95. The molecule has 2 heterocycles. The Bertz CT molecular complexity index is 965. The number of amides is 1. The molecule has 0 spiro atoms. The second-order valence-electron chi connectivity index (χ2n) is 8.75. The van der Waals surface area contributed by atoms with Crippen LogP contribution in [0.3, 0.4) is 0 Å². The molecule has 2 aromatic carbocycles. The summed E-state index contributed by atoms with van der Waals surface area (Å²) in [6.07, 6.45) is 1.93. The lowest BCUT2D eigenvalue weighted by atomic mass is 10.0. The highest BCUT2D eigenvalue weighted by Crippen LogP contribution is 2.39. The van der Waals surface area contributed by atoms with Crippen LogP contribution in [0, 0.1) is 0 Å². The van der Waals surface area contributed by atoms with E-state index in [4.69, 9.17) is 25.8 Å². The molecule has 1 amide bonds. The van der Waals surface area contributed by atoms with Crippen LogP contribution in [0.2, 0.25) is 5.02 Å². The standard InChI is InChI=1S/C26H34ClN3O4/c1-32-20-9-10-24(33-2)21(18-20)23-7-5-11-30(23)26(31)19-29-14-12-28(13-15-29)16-17-34-25-8-4-3-6-22(25)27/h3-4,6,8-10,18,23H,5,7,11-17,19H2,1-2H3. The molecule has 2 fully saturated rings. The summed E-state index contributed by atoms with van der Waals surface area (Å²) in [5.74, 6) is 2.49. The number of piperazine rings is 1. The number of rotatable bonds is 9. The molecule has 0 N–H and O–H groups in total. The summed E-state index contributed by atoms with van der Waals surface area (Å²) >= 11 is 6.15. The van der Waals surface area contributed by atoms with E-state index in [1.807, 2.05) is 47.4 Å². The van der Waals surface area contributed by atoms with Crippen molar-refractivity contribution in [1.82, 2.24) is 14.7 Å². The fraction of sp³-hybridized carbons (Fsp3) is 0.500. The maximum Gasteiger partial charge on any atom is 0.237 e. The van der Waals surface area contributed by atoms with Gasteiger partial charge in [0.25, 0.3) is 0 Å². The van der Waals surface area contributed by atoms with Crippen LogP contribution in [0.1, 0.15) is 24.4 Å². The van der Waals surface area contributed by atoms with Crippen LogP contribution in [0.25, 0.3) is 0 Å². The van der Waals surface area contributed by atoms with Crippen molar-refractivity contribution in [3.8, 4) is 17.2 Å². The van der Waals surface area contributed by atoms with Gasteiger partial charge in [0.1, 0.15) is 23.9 Å². The van der Waals surface area contributed by atoms with E-state index < -0.39 is 0 Å². The van der Waals surface area contributed by atoms with Crippen LogP contribution in [0.5, 0.6) is 17.2 Å². The number of methoxy groups -OCH3 is 2. The number of para-hydroxylation sites is 1. The lowest BCUT2D eigenvalue weighted by Crippen LogP contribution is -2.50. The Balaban J connectivity index is 1.26. The molecular formula is C26H34ClN3O4. The van der Waals surface area contributed by atoms with Crippen molar-refractivity contribution in [3.05, 3.63) is 53.1 Å². The average molecular weight is 488 g/mol. The van der Waals surface area contributed by atoms with Gasteiger partial charge >= 0.3 is 0 Å². The molecule has 0 bridgehead atoms. The van der Waals surface area contributed by atoms with Crippen molar-refractivity contribution in [3.63, 3.8) is 0 Å². The van der Waals surface area contributed by atoms with Crippen LogP contribution < -0.4 is 14.2 Å². The smallest absolute Gasteiger partial charge is 0.237 e. The molecule has 0 radical (unpaired) electrons. The van der Waals surface area contributed by atoms with E-state index in [0.717, 1.165) is 74.9 Å². The first-order valence-corrected chi connectivity index (χ1v) is 12.3. The maximum absolute atomic E-state index is 13.3.